The van der Waals surface area contributed by atoms with Gasteiger partial charge in [-0.1, -0.05) is 43.2 Å². The van der Waals surface area contributed by atoms with Crippen LogP contribution in [0.4, 0.5) is 0 Å². The highest BCUT2D eigenvalue weighted by Gasteiger charge is 2.20. The minimum atomic E-state index is 0.204. The maximum absolute atomic E-state index is 12.4. The Labute approximate surface area is 122 Å². The van der Waals surface area contributed by atoms with Gasteiger partial charge in [0.05, 0.1) is 6.54 Å². The van der Waals surface area contributed by atoms with E-state index >= 15 is 0 Å². The first kappa shape index (κ1) is 15.0. The standard InChI is InChI=1S/C17H26N2O/c1-14(2)19(13-15-8-4-3-5-9-15)17(20)12-18-16-10-6-7-11-16/h3-5,8-9,14,16,18H,6-7,10-13H2,1-2H3. The molecule has 0 radical (unpaired) electrons. The van der Waals surface area contributed by atoms with Gasteiger partial charge in [0.25, 0.3) is 0 Å². The van der Waals surface area contributed by atoms with Gasteiger partial charge in [0.2, 0.25) is 5.91 Å². The molecular weight excluding hydrogens is 248 g/mol. The number of carbonyl (C=O) groups excluding carboxylic acids is 1. The van der Waals surface area contributed by atoms with Crippen molar-refractivity contribution in [3.05, 3.63) is 35.9 Å². The van der Waals surface area contributed by atoms with E-state index in [1.54, 1.807) is 0 Å². The number of nitrogens with one attached hydrogen (secondary N) is 1. The average Bonchev–Trinajstić information content (AvgIpc) is 2.96. The largest absolute Gasteiger partial charge is 0.335 e. The molecule has 0 aliphatic heterocycles. The van der Waals surface area contributed by atoms with E-state index in [0.29, 0.717) is 19.1 Å². The van der Waals surface area contributed by atoms with E-state index in [1.165, 1.54) is 31.2 Å². The second-order valence-corrected chi connectivity index (χ2v) is 5.96. The lowest BCUT2D eigenvalue weighted by atomic mass is 10.2. The third-order valence-corrected chi connectivity index (χ3v) is 4.04. The molecule has 3 heteroatoms. The number of hydrogen-bond acceptors (Lipinski definition) is 2. The number of benzene rings is 1. The molecule has 0 unspecified atom stereocenters. The zero-order valence-corrected chi connectivity index (χ0v) is 12.6. The Kier molecular flexibility index (Phi) is 5.60. The van der Waals surface area contributed by atoms with Crippen LogP contribution in [0.15, 0.2) is 30.3 Å². The number of amides is 1. The van der Waals surface area contributed by atoms with Crippen LogP contribution < -0.4 is 5.32 Å². The molecule has 110 valence electrons. The Balaban J connectivity index is 1.88. The molecule has 1 aliphatic rings. The molecule has 0 spiro atoms. The first-order valence-electron chi connectivity index (χ1n) is 7.73. The molecule has 1 aliphatic carbocycles. The summed E-state index contributed by atoms with van der Waals surface area (Å²) < 4.78 is 0. The summed E-state index contributed by atoms with van der Waals surface area (Å²) >= 11 is 0. The molecule has 3 nitrogen and oxygen atoms in total. The Morgan fingerprint density at radius 1 is 1.25 bits per heavy atom. The molecule has 0 heterocycles. The predicted molar refractivity (Wildman–Crippen MR) is 82.4 cm³/mol. The summed E-state index contributed by atoms with van der Waals surface area (Å²) in [6, 6.07) is 11.0. The van der Waals surface area contributed by atoms with Gasteiger partial charge in [0.15, 0.2) is 0 Å². The van der Waals surface area contributed by atoms with Crippen LogP contribution >= 0.6 is 0 Å². The number of nitrogens with zero attached hydrogens (tertiary/aromatic N) is 1. The van der Waals surface area contributed by atoms with Crippen LogP contribution in [0.1, 0.15) is 45.1 Å². The summed E-state index contributed by atoms with van der Waals surface area (Å²) in [6.07, 6.45) is 5.02. The molecule has 20 heavy (non-hydrogen) atoms. The van der Waals surface area contributed by atoms with E-state index in [4.69, 9.17) is 0 Å². The number of carbonyl (C=O) groups is 1. The fourth-order valence-electron chi connectivity index (χ4n) is 2.80. The van der Waals surface area contributed by atoms with Crippen LogP contribution in [-0.2, 0) is 11.3 Å². The lowest BCUT2D eigenvalue weighted by molar-refractivity contribution is -0.132. The van der Waals surface area contributed by atoms with E-state index in [2.05, 4.69) is 31.3 Å². The van der Waals surface area contributed by atoms with E-state index in [9.17, 15) is 4.79 Å². The Morgan fingerprint density at radius 3 is 2.50 bits per heavy atom. The molecule has 1 aromatic rings. The fraction of sp³-hybridized carbons (Fsp3) is 0.588. The summed E-state index contributed by atoms with van der Waals surface area (Å²) in [6.45, 7) is 5.33. The minimum Gasteiger partial charge on any atom is -0.335 e. The Morgan fingerprint density at radius 2 is 1.90 bits per heavy atom. The molecule has 1 N–H and O–H groups in total. The van der Waals surface area contributed by atoms with Crippen LogP contribution in [0.3, 0.4) is 0 Å². The maximum atomic E-state index is 12.4. The van der Waals surface area contributed by atoms with Gasteiger partial charge in [-0.15, -0.1) is 0 Å². The monoisotopic (exact) mass is 274 g/mol. The van der Waals surface area contributed by atoms with Crippen LogP contribution in [0.5, 0.6) is 0 Å². The highest BCUT2D eigenvalue weighted by Crippen LogP contribution is 2.17. The summed E-state index contributed by atoms with van der Waals surface area (Å²) in [5, 5.41) is 3.41. The van der Waals surface area contributed by atoms with Crippen molar-refractivity contribution in [1.29, 1.82) is 0 Å². The van der Waals surface area contributed by atoms with Crippen molar-refractivity contribution in [3.8, 4) is 0 Å². The second-order valence-electron chi connectivity index (χ2n) is 5.96. The third kappa shape index (κ3) is 4.34. The Hall–Kier alpha value is -1.35. The number of rotatable bonds is 6. The third-order valence-electron chi connectivity index (χ3n) is 4.04. The van der Waals surface area contributed by atoms with Crippen molar-refractivity contribution in [1.82, 2.24) is 10.2 Å². The van der Waals surface area contributed by atoms with E-state index < -0.39 is 0 Å². The van der Waals surface area contributed by atoms with Crippen LogP contribution in [0, 0.1) is 0 Å². The molecule has 0 bridgehead atoms. The first-order chi connectivity index (χ1) is 9.66. The summed E-state index contributed by atoms with van der Waals surface area (Å²) in [7, 11) is 0. The second kappa shape index (κ2) is 7.44. The molecule has 2 rings (SSSR count). The van der Waals surface area contributed by atoms with E-state index in [-0.39, 0.29) is 11.9 Å². The van der Waals surface area contributed by atoms with E-state index in [0.717, 1.165) is 0 Å². The number of hydrogen-bond donors (Lipinski definition) is 1. The van der Waals surface area contributed by atoms with Gasteiger partial charge >= 0.3 is 0 Å². The molecule has 0 saturated heterocycles. The zero-order valence-electron chi connectivity index (χ0n) is 12.6. The van der Waals surface area contributed by atoms with Crippen molar-refractivity contribution < 1.29 is 4.79 Å². The lowest BCUT2D eigenvalue weighted by Gasteiger charge is -2.27. The summed E-state index contributed by atoms with van der Waals surface area (Å²) in [5.74, 6) is 0.204. The van der Waals surface area contributed by atoms with Gasteiger partial charge in [-0.3, -0.25) is 4.79 Å². The molecule has 1 fully saturated rings. The molecular formula is C17H26N2O. The minimum absolute atomic E-state index is 0.204. The normalized spacial score (nSPS) is 15.8. The smallest absolute Gasteiger partial charge is 0.237 e. The molecule has 0 aromatic heterocycles. The van der Waals surface area contributed by atoms with Crippen molar-refractivity contribution in [2.45, 2.75) is 58.2 Å². The van der Waals surface area contributed by atoms with Crippen LogP contribution in [0.25, 0.3) is 0 Å². The van der Waals surface area contributed by atoms with Crippen molar-refractivity contribution in [2.75, 3.05) is 6.54 Å². The fourth-order valence-corrected chi connectivity index (χ4v) is 2.80. The van der Waals surface area contributed by atoms with Crippen molar-refractivity contribution in [2.24, 2.45) is 0 Å². The quantitative estimate of drug-likeness (QED) is 0.865. The van der Waals surface area contributed by atoms with Gasteiger partial charge in [-0.05, 0) is 32.3 Å². The lowest BCUT2D eigenvalue weighted by Crippen LogP contribution is -2.43. The Bertz CT molecular complexity index is 410. The highest BCUT2D eigenvalue weighted by atomic mass is 16.2. The van der Waals surface area contributed by atoms with Crippen LogP contribution in [0.2, 0.25) is 0 Å². The molecule has 1 amide bonds. The molecule has 1 aromatic carbocycles. The van der Waals surface area contributed by atoms with Gasteiger partial charge < -0.3 is 10.2 Å². The van der Waals surface area contributed by atoms with Gasteiger partial charge in [-0.2, -0.15) is 0 Å². The van der Waals surface area contributed by atoms with Gasteiger partial charge in [0, 0.05) is 18.6 Å². The first-order valence-corrected chi connectivity index (χ1v) is 7.73. The van der Waals surface area contributed by atoms with Gasteiger partial charge in [-0.25, -0.2) is 0 Å². The average molecular weight is 274 g/mol. The van der Waals surface area contributed by atoms with Crippen molar-refractivity contribution in [3.63, 3.8) is 0 Å². The summed E-state index contributed by atoms with van der Waals surface area (Å²) in [5.41, 5.74) is 1.19. The molecule has 1 saturated carbocycles. The summed E-state index contributed by atoms with van der Waals surface area (Å²) in [4.78, 5) is 14.4. The topological polar surface area (TPSA) is 32.3 Å². The molecule has 0 atom stereocenters. The zero-order chi connectivity index (χ0) is 14.4. The highest BCUT2D eigenvalue weighted by molar-refractivity contribution is 5.78. The van der Waals surface area contributed by atoms with Crippen LogP contribution in [-0.4, -0.2) is 29.4 Å². The predicted octanol–water partition coefficient (Wildman–Crippen LogP) is 2.96. The maximum Gasteiger partial charge on any atom is 0.237 e. The SMILES string of the molecule is CC(C)N(Cc1ccccc1)C(=O)CNC1CCCC1. The van der Waals surface area contributed by atoms with Crippen molar-refractivity contribution >= 4 is 5.91 Å². The van der Waals surface area contributed by atoms with Gasteiger partial charge in [0.1, 0.15) is 0 Å². The van der Waals surface area contributed by atoms with E-state index in [1.807, 2.05) is 23.1 Å².